The fourth-order valence-electron chi connectivity index (χ4n) is 2.66. The first-order chi connectivity index (χ1) is 9.65. The number of nitrogens with one attached hydrogen (secondary N) is 2. The second-order valence-corrected chi connectivity index (χ2v) is 5.13. The van der Waals surface area contributed by atoms with Gasteiger partial charge in [0.25, 0.3) is 5.91 Å². The predicted molar refractivity (Wildman–Crippen MR) is 80.9 cm³/mol. The molecule has 110 valence electrons. The van der Waals surface area contributed by atoms with Crippen molar-refractivity contribution in [2.75, 3.05) is 31.2 Å². The zero-order valence-corrected chi connectivity index (χ0v) is 12.1. The molecule has 5 heteroatoms. The van der Waals surface area contributed by atoms with Crippen molar-refractivity contribution in [2.45, 2.75) is 25.9 Å². The highest BCUT2D eigenvalue weighted by molar-refractivity contribution is 6.00. The van der Waals surface area contributed by atoms with E-state index in [1.807, 2.05) is 0 Å². The van der Waals surface area contributed by atoms with Crippen LogP contribution in [0.2, 0.25) is 0 Å². The first-order valence-corrected chi connectivity index (χ1v) is 7.12. The summed E-state index contributed by atoms with van der Waals surface area (Å²) in [4.78, 5) is 11.8. The van der Waals surface area contributed by atoms with Crippen molar-refractivity contribution in [3.05, 3.63) is 23.8 Å². The maximum absolute atomic E-state index is 11.8. The third-order valence-electron chi connectivity index (χ3n) is 3.82. The molecule has 0 aromatic heterocycles. The topological polar surface area (TPSA) is 76.4 Å². The number of ether oxygens (including phenoxy) is 1. The molecule has 2 rings (SSSR count). The van der Waals surface area contributed by atoms with E-state index < -0.39 is 0 Å². The SMILES string of the molecule is CCC1OCCC1CNc1cc(N)ccc1C(=O)NC. The van der Waals surface area contributed by atoms with Crippen LogP contribution in [0, 0.1) is 5.92 Å². The third-order valence-corrected chi connectivity index (χ3v) is 3.82. The summed E-state index contributed by atoms with van der Waals surface area (Å²) in [6, 6.07) is 5.30. The Kier molecular flexibility index (Phi) is 4.84. The minimum atomic E-state index is -0.109. The molecule has 2 atom stereocenters. The Hall–Kier alpha value is -1.75. The zero-order valence-electron chi connectivity index (χ0n) is 12.1. The fourth-order valence-corrected chi connectivity index (χ4v) is 2.66. The molecule has 4 N–H and O–H groups in total. The molecule has 2 unspecified atom stereocenters. The highest BCUT2D eigenvalue weighted by Crippen LogP contribution is 2.25. The predicted octanol–water partition coefficient (Wildman–Crippen LogP) is 1.86. The number of carbonyl (C=O) groups excluding carboxylic acids is 1. The summed E-state index contributed by atoms with van der Waals surface area (Å²) in [6.07, 6.45) is 2.39. The maximum atomic E-state index is 11.8. The van der Waals surface area contributed by atoms with Gasteiger partial charge in [-0.15, -0.1) is 0 Å². The zero-order chi connectivity index (χ0) is 14.5. The van der Waals surface area contributed by atoms with Gasteiger partial charge in [-0.1, -0.05) is 6.92 Å². The molecule has 1 fully saturated rings. The van der Waals surface area contributed by atoms with Crippen molar-refractivity contribution >= 4 is 17.3 Å². The van der Waals surface area contributed by atoms with Gasteiger partial charge in [-0.2, -0.15) is 0 Å². The lowest BCUT2D eigenvalue weighted by Crippen LogP contribution is -2.25. The lowest BCUT2D eigenvalue weighted by atomic mass is 9.99. The van der Waals surface area contributed by atoms with Crippen LogP contribution < -0.4 is 16.4 Å². The van der Waals surface area contributed by atoms with Gasteiger partial charge in [-0.25, -0.2) is 0 Å². The molecule has 1 amide bonds. The minimum absolute atomic E-state index is 0.109. The average molecular weight is 277 g/mol. The van der Waals surface area contributed by atoms with Crippen molar-refractivity contribution in [1.82, 2.24) is 5.32 Å². The highest BCUT2D eigenvalue weighted by atomic mass is 16.5. The van der Waals surface area contributed by atoms with Crippen molar-refractivity contribution in [3.63, 3.8) is 0 Å². The van der Waals surface area contributed by atoms with Crippen LogP contribution in [-0.2, 0) is 4.74 Å². The Morgan fingerprint density at radius 2 is 2.30 bits per heavy atom. The molecule has 1 saturated heterocycles. The third kappa shape index (κ3) is 3.22. The number of hydrogen-bond donors (Lipinski definition) is 3. The van der Waals surface area contributed by atoms with Crippen LogP contribution in [0.15, 0.2) is 18.2 Å². The van der Waals surface area contributed by atoms with Crippen molar-refractivity contribution in [1.29, 1.82) is 0 Å². The molecule has 5 nitrogen and oxygen atoms in total. The van der Waals surface area contributed by atoms with E-state index in [0.29, 0.717) is 23.3 Å². The molecule has 1 aromatic rings. The number of amides is 1. The summed E-state index contributed by atoms with van der Waals surface area (Å²) >= 11 is 0. The smallest absolute Gasteiger partial charge is 0.253 e. The van der Waals surface area contributed by atoms with Crippen LogP contribution >= 0.6 is 0 Å². The maximum Gasteiger partial charge on any atom is 0.253 e. The molecular weight excluding hydrogens is 254 g/mol. The number of carbonyl (C=O) groups is 1. The summed E-state index contributed by atoms with van der Waals surface area (Å²) in [7, 11) is 1.63. The molecule has 0 bridgehead atoms. The lowest BCUT2D eigenvalue weighted by molar-refractivity contribution is 0.0900. The van der Waals surface area contributed by atoms with Crippen molar-refractivity contribution in [2.24, 2.45) is 5.92 Å². The summed E-state index contributed by atoms with van der Waals surface area (Å²) in [5, 5.41) is 6.00. The van der Waals surface area contributed by atoms with Gasteiger partial charge in [0.05, 0.1) is 11.7 Å². The van der Waals surface area contributed by atoms with Crippen LogP contribution in [0.25, 0.3) is 0 Å². The summed E-state index contributed by atoms with van der Waals surface area (Å²) in [5.74, 6) is 0.376. The average Bonchev–Trinajstić information content (AvgIpc) is 2.91. The molecule has 1 heterocycles. The van der Waals surface area contributed by atoms with Crippen LogP contribution in [0.4, 0.5) is 11.4 Å². The van der Waals surface area contributed by atoms with Crippen LogP contribution in [0.1, 0.15) is 30.1 Å². The number of benzene rings is 1. The first kappa shape index (κ1) is 14.7. The Labute approximate surface area is 119 Å². The fraction of sp³-hybridized carbons (Fsp3) is 0.533. The summed E-state index contributed by atoms with van der Waals surface area (Å²) in [6.45, 7) is 3.76. The molecule has 0 spiro atoms. The molecule has 0 radical (unpaired) electrons. The molecule has 0 saturated carbocycles. The molecule has 1 aliphatic heterocycles. The summed E-state index contributed by atoms with van der Waals surface area (Å²) < 4.78 is 5.68. The summed E-state index contributed by atoms with van der Waals surface area (Å²) in [5.41, 5.74) is 7.86. The molecule has 20 heavy (non-hydrogen) atoms. The van der Waals surface area contributed by atoms with E-state index in [1.54, 1.807) is 25.2 Å². The monoisotopic (exact) mass is 277 g/mol. The lowest BCUT2D eigenvalue weighted by Gasteiger charge is -2.19. The van der Waals surface area contributed by atoms with E-state index in [-0.39, 0.29) is 5.91 Å². The van der Waals surface area contributed by atoms with Crippen molar-refractivity contribution in [3.8, 4) is 0 Å². The number of rotatable bonds is 5. The Morgan fingerprint density at radius 1 is 1.50 bits per heavy atom. The Bertz CT molecular complexity index is 476. The highest BCUT2D eigenvalue weighted by Gasteiger charge is 2.26. The number of nitrogens with two attached hydrogens (primary N) is 1. The second-order valence-electron chi connectivity index (χ2n) is 5.13. The quantitative estimate of drug-likeness (QED) is 0.718. The van der Waals surface area contributed by atoms with Crippen molar-refractivity contribution < 1.29 is 9.53 Å². The van der Waals surface area contributed by atoms with Gasteiger partial charge in [0.1, 0.15) is 0 Å². The molecule has 0 aliphatic carbocycles. The van der Waals surface area contributed by atoms with Crippen LogP contribution in [0.5, 0.6) is 0 Å². The van der Waals surface area contributed by atoms with E-state index in [0.717, 1.165) is 31.7 Å². The van der Waals surface area contributed by atoms with Gasteiger partial charge in [-0.3, -0.25) is 4.79 Å². The van der Waals surface area contributed by atoms with E-state index >= 15 is 0 Å². The van der Waals surface area contributed by atoms with Crippen LogP contribution in [-0.4, -0.2) is 32.2 Å². The minimum Gasteiger partial charge on any atom is -0.399 e. The van der Waals surface area contributed by atoms with Gasteiger partial charge in [0.2, 0.25) is 0 Å². The normalized spacial score (nSPS) is 21.7. The van der Waals surface area contributed by atoms with E-state index in [2.05, 4.69) is 17.6 Å². The molecule has 1 aromatic carbocycles. The van der Waals surface area contributed by atoms with E-state index in [1.165, 1.54) is 0 Å². The number of anilines is 2. The van der Waals surface area contributed by atoms with Gasteiger partial charge < -0.3 is 21.1 Å². The second kappa shape index (κ2) is 6.61. The largest absolute Gasteiger partial charge is 0.399 e. The van der Waals surface area contributed by atoms with E-state index in [9.17, 15) is 4.79 Å². The van der Waals surface area contributed by atoms with Gasteiger partial charge in [-0.05, 0) is 31.0 Å². The Morgan fingerprint density at radius 3 is 3.00 bits per heavy atom. The standard InChI is InChI=1S/C15H23N3O2/c1-3-14-10(6-7-20-14)9-18-13-8-11(16)4-5-12(13)15(19)17-2/h4-5,8,10,14,18H,3,6-7,9,16H2,1-2H3,(H,17,19). The first-order valence-electron chi connectivity index (χ1n) is 7.12. The van der Waals surface area contributed by atoms with Gasteiger partial charge in [0.15, 0.2) is 0 Å². The van der Waals surface area contributed by atoms with E-state index in [4.69, 9.17) is 10.5 Å². The van der Waals surface area contributed by atoms with Crippen LogP contribution in [0.3, 0.4) is 0 Å². The Balaban J connectivity index is 2.08. The van der Waals surface area contributed by atoms with Gasteiger partial charge in [0, 0.05) is 37.5 Å². The number of hydrogen-bond acceptors (Lipinski definition) is 4. The molecular formula is C15H23N3O2. The number of nitrogen functional groups attached to an aromatic ring is 1. The van der Waals surface area contributed by atoms with Gasteiger partial charge >= 0.3 is 0 Å². The molecule has 1 aliphatic rings.